The molecule has 4 rings (SSSR count). The Balaban J connectivity index is 1.65. The zero-order valence-electron chi connectivity index (χ0n) is 17.2. The first-order valence-electron chi connectivity index (χ1n) is 9.95. The van der Waals surface area contributed by atoms with Gasteiger partial charge in [-0.15, -0.1) is 10.2 Å². The highest BCUT2D eigenvalue weighted by Gasteiger charge is 2.21. The van der Waals surface area contributed by atoms with E-state index in [-0.39, 0.29) is 10.1 Å². The number of aromatic nitrogens is 4. The van der Waals surface area contributed by atoms with Crippen molar-refractivity contribution in [3.05, 3.63) is 54.4 Å². The molecule has 8 nitrogen and oxygen atoms in total. The van der Waals surface area contributed by atoms with Crippen LogP contribution in [0.3, 0.4) is 0 Å². The Morgan fingerprint density at radius 3 is 2.65 bits per heavy atom. The molecule has 0 aliphatic heterocycles. The van der Waals surface area contributed by atoms with E-state index in [0.29, 0.717) is 17.3 Å². The minimum atomic E-state index is -3.79. The molecule has 0 radical (unpaired) electrons. The van der Waals surface area contributed by atoms with E-state index in [1.54, 1.807) is 6.07 Å². The summed E-state index contributed by atoms with van der Waals surface area (Å²) in [5.41, 5.74) is 2.32. The summed E-state index contributed by atoms with van der Waals surface area (Å²) < 4.78 is 31.5. The number of nitrogens with zero attached hydrogens (tertiary/aromatic N) is 4. The number of rotatable bonds is 8. The molecule has 0 spiro atoms. The van der Waals surface area contributed by atoms with Crippen LogP contribution in [-0.2, 0) is 16.6 Å². The molecule has 0 bridgehead atoms. The van der Waals surface area contributed by atoms with Gasteiger partial charge in [0.15, 0.2) is 5.16 Å². The average Bonchev–Trinajstić information content (AvgIpc) is 3.37. The van der Waals surface area contributed by atoms with Crippen LogP contribution in [0, 0.1) is 0 Å². The topological polar surface area (TPSA) is 117 Å². The first-order chi connectivity index (χ1) is 14.9. The van der Waals surface area contributed by atoms with Crippen molar-refractivity contribution in [2.45, 2.75) is 48.5 Å². The van der Waals surface area contributed by atoms with Gasteiger partial charge in [0, 0.05) is 12.1 Å². The van der Waals surface area contributed by atoms with E-state index in [4.69, 9.17) is 9.56 Å². The number of sulfonamides is 1. The second-order valence-electron chi connectivity index (χ2n) is 7.17. The van der Waals surface area contributed by atoms with E-state index in [1.165, 1.54) is 23.9 Å². The van der Waals surface area contributed by atoms with E-state index in [9.17, 15) is 8.42 Å². The van der Waals surface area contributed by atoms with Crippen LogP contribution in [-0.4, -0.2) is 28.2 Å². The molecule has 4 aromatic rings. The van der Waals surface area contributed by atoms with Gasteiger partial charge in [-0.05, 0) is 43.7 Å². The number of primary sulfonamides is 1. The zero-order chi connectivity index (χ0) is 22.0. The third kappa shape index (κ3) is 4.65. The van der Waals surface area contributed by atoms with Gasteiger partial charge in [0.2, 0.25) is 21.8 Å². The van der Waals surface area contributed by atoms with E-state index in [1.807, 2.05) is 37.3 Å². The molecule has 1 unspecified atom stereocenters. The van der Waals surface area contributed by atoms with Crippen molar-refractivity contribution in [1.82, 2.24) is 19.7 Å². The molecule has 31 heavy (non-hydrogen) atoms. The highest BCUT2D eigenvalue weighted by molar-refractivity contribution is 7.99. The van der Waals surface area contributed by atoms with Crippen LogP contribution < -0.4 is 5.14 Å². The van der Waals surface area contributed by atoms with E-state index < -0.39 is 10.0 Å². The molecule has 10 heteroatoms. The predicted molar refractivity (Wildman–Crippen MR) is 120 cm³/mol. The van der Waals surface area contributed by atoms with Crippen LogP contribution in [0.4, 0.5) is 0 Å². The predicted octanol–water partition coefficient (Wildman–Crippen LogP) is 4.39. The maximum atomic E-state index is 11.7. The Bertz CT molecular complexity index is 1300. The summed E-state index contributed by atoms with van der Waals surface area (Å²) in [6.45, 7) is 4.87. The van der Waals surface area contributed by atoms with Crippen LogP contribution in [0.2, 0.25) is 0 Å². The van der Waals surface area contributed by atoms with Crippen LogP contribution in [0.5, 0.6) is 0 Å². The fourth-order valence-electron chi connectivity index (χ4n) is 3.19. The number of hydrogen-bond donors (Lipinski definition) is 1. The number of unbranched alkanes of at least 4 members (excludes halogenated alkanes) is 1. The maximum Gasteiger partial charge on any atom is 0.247 e. The molecule has 0 amide bonds. The second kappa shape index (κ2) is 8.81. The van der Waals surface area contributed by atoms with Gasteiger partial charge in [-0.1, -0.05) is 43.3 Å². The fourth-order valence-corrected chi connectivity index (χ4v) is 4.71. The number of benzene rings is 2. The maximum absolute atomic E-state index is 11.7. The summed E-state index contributed by atoms with van der Waals surface area (Å²) in [7, 11) is -3.79. The van der Waals surface area contributed by atoms with Gasteiger partial charge in [0.25, 0.3) is 0 Å². The molecule has 0 fully saturated rings. The molecule has 162 valence electrons. The lowest BCUT2D eigenvalue weighted by atomic mass is 10.2. The molecule has 0 saturated heterocycles. The number of aryl methyl sites for hydroxylation is 1. The molecule has 2 heterocycles. The fraction of sp³-hybridized carbons (Fsp3) is 0.286. The number of nitrogens with two attached hydrogens (primary N) is 1. The molecule has 0 aliphatic carbocycles. The van der Waals surface area contributed by atoms with Gasteiger partial charge in [-0.3, -0.25) is 0 Å². The lowest BCUT2D eigenvalue weighted by Crippen LogP contribution is -2.11. The second-order valence-corrected chi connectivity index (χ2v) is 10.0. The van der Waals surface area contributed by atoms with Crippen molar-refractivity contribution in [3.63, 3.8) is 0 Å². The molecule has 2 aromatic heterocycles. The van der Waals surface area contributed by atoms with Crippen molar-refractivity contribution in [2.75, 3.05) is 0 Å². The summed E-state index contributed by atoms with van der Waals surface area (Å²) in [4.78, 5) is 4.74. The molecular weight excluding hydrogens is 434 g/mol. The monoisotopic (exact) mass is 457 g/mol. The number of imidazole rings is 1. The van der Waals surface area contributed by atoms with Crippen LogP contribution >= 0.6 is 11.8 Å². The molecule has 0 saturated carbocycles. The van der Waals surface area contributed by atoms with E-state index >= 15 is 0 Å². The van der Waals surface area contributed by atoms with Crippen molar-refractivity contribution < 1.29 is 12.8 Å². The number of fused-ring (bicyclic) bond motifs is 1. The van der Waals surface area contributed by atoms with Crippen LogP contribution in [0.1, 0.15) is 37.8 Å². The molecule has 0 aliphatic rings. The lowest BCUT2D eigenvalue weighted by Gasteiger charge is -2.10. The smallest absolute Gasteiger partial charge is 0.247 e. The highest BCUT2D eigenvalue weighted by Crippen LogP contribution is 2.36. The Morgan fingerprint density at radius 1 is 1.16 bits per heavy atom. The highest BCUT2D eigenvalue weighted by atomic mass is 32.2. The van der Waals surface area contributed by atoms with Crippen molar-refractivity contribution in [2.24, 2.45) is 5.14 Å². The number of thioether (sulfide) groups is 1. The van der Waals surface area contributed by atoms with Gasteiger partial charge in [-0.2, -0.15) is 0 Å². The Morgan fingerprint density at radius 2 is 1.94 bits per heavy atom. The summed E-state index contributed by atoms with van der Waals surface area (Å²) in [5.74, 6) is 0.975. The van der Waals surface area contributed by atoms with E-state index in [0.717, 1.165) is 35.6 Å². The van der Waals surface area contributed by atoms with Crippen molar-refractivity contribution in [1.29, 1.82) is 0 Å². The SMILES string of the molecule is CCCCn1c(SC(C)c2nnc(-c3ccccc3)o2)nc2cc(S(N)(=O)=O)ccc21. The Labute approximate surface area is 184 Å². The average molecular weight is 458 g/mol. The van der Waals surface area contributed by atoms with Gasteiger partial charge in [0.1, 0.15) is 0 Å². The lowest BCUT2D eigenvalue weighted by molar-refractivity contribution is 0.508. The number of hydrogen-bond acceptors (Lipinski definition) is 7. The van der Waals surface area contributed by atoms with Gasteiger partial charge in [0.05, 0.1) is 21.2 Å². The summed E-state index contributed by atoms with van der Waals surface area (Å²) >= 11 is 1.50. The molecular formula is C21H23N5O3S2. The first kappa shape index (κ1) is 21.5. The van der Waals surface area contributed by atoms with Gasteiger partial charge in [-0.25, -0.2) is 18.5 Å². The van der Waals surface area contributed by atoms with Crippen molar-refractivity contribution >= 4 is 32.8 Å². The van der Waals surface area contributed by atoms with Crippen molar-refractivity contribution in [3.8, 4) is 11.5 Å². The normalized spacial score (nSPS) is 13.0. The molecule has 2 aromatic carbocycles. The molecule has 1 atom stereocenters. The van der Waals surface area contributed by atoms with Crippen LogP contribution in [0.15, 0.2) is 63.0 Å². The van der Waals surface area contributed by atoms with Crippen LogP contribution in [0.25, 0.3) is 22.5 Å². The standard InChI is InChI=1S/C21H23N5O3S2/c1-3-4-12-26-18-11-10-16(31(22,27)28)13-17(18)23-21(26)30-14(2)19-24-25-20(29-19)15-8-6-5-7-9-15/h5-11,13-14H,3-4,12H2,1-2H3,(H2,22,27,28). The zero-order valence-corrected chi connectivity index (χ0v) is 18.9. The quantitative estimate of drug-likeness (QED) is 0.390. The third-order valence-corrected chi connectivity index (χ3v) is 6.83. The minimum Gasteiger partial charge on any atom is -0.419 e. The van der Waals surface area contributed by atoms with E-state index in [2.05, 4.69) is 26.7 Å². The Kier molecular flexibility index (Phi) is 6.12. The first-order valence-corrected chi connectivity index (χ1v) is 12.4. The minimum absolute atomic E-state index is 0.0501. The van der Waals surface area contributed by atoms with Gasteiger partial charge < -0.3 is 8.98 Å². The summed E-state index contributed by atoms with van der Waals surface area (Å²) in [5, 5.41) is 14.3. The molecule has 2 N–H and O–H groups in total. The van der Waals surface area contributed by atoms with Gasteiger partial charge >= 0.3 is 0 Å². The largest absolute Gasteiger partial charge is 0.419 e. The summed E-state index contributed by atoms with van der Waals surface area (Å²) in [6, 6.07) is 14.4. The Hall–Kier alpha value is -2.69. The summed E-state index contributed by atoms with van der Waals surface area (Å²) in [6.07, 6.45) is 2.00. The third-order valence-electron chi connectivity index (χ3n) is 4.84.